The van der Waals surface area contributed by atoms with Gasteiger partial charge in [0.05, 0.1) is 10.5 Å². The number of hydrogen-bond acceptors (Lipinski definition) is 3. The summed E-state index contributed by atoms with van der Waals surface area (Å²) in [4.78, 5) is 23.7. The van der Waals surface area contributed by atoms with Gasteiger partial charge in [0, 0.05) is 24.7 Å². The van der Waals surface area contributed by atoms with Gasteiger partial charge in [0.2, 0.25) is 0 Å². The van der Waals surface area contributed by atoms with Gasteiger partial charge in [-0.25, -0.2) is 0 Å². The van der Waals surface area contributed by atoms with Crippen molar-refractivity contribution in [3.8, 4) is 0 Å². The molecule has 0 saturated heterocycles. The molecule has 1 aromatic rings. The van der Waals surface area contributed by atoms with Crippen molar-refractivity contribution in [1.82, 2.24) is 4.90 Å². The maximum Gasteiger partial charge on any atom is 0.270 e. The summed E-state index contributed by atoms with van der Waals surface area (Å²) >= 11 is 0. The van der Waals surface area contributed by atoms with E-state index in [1.807, 2.05) is 13.8 Å². The number of nitrogens with zero attached hydrogens (tertiary/aromatic N) is 2. The molecule has 16 heavy (non-hydrogen) atoms. The van der Waals surface area contributed by atoms with Crippen molar-refractivity contribution in [3.63, 3.8) is 0 Å². The van der Waals surface area contributed by atoms with E-state index in [0.717, 1.165) is 5.56 Å². The Labute approximate surface area is 92.8 Å². The number of benzene rings is 1. The highest BCUT2D eigenvalue weighted by Gasteiger charge is 2.30. The fraction of sp³-hybridized carbons (Fsp3) is 0.364. The standard InChI is InChI=1S/C11H12N2O3/c1-7(2)12-6-8-3-4-9(13(15)16)5-10(8)11(12)14/h3-5,7H,6H2,1-2H3. The van der Waals surface area contributed by atoms with Gasteiger partial charge in [0.1, 0.15) is 0 Å². The van der Waals surface area contributed by atoms with Crippen molar-refractivity contribution in [2.45, 2.75) is 26.4 Å². The van der Waals surface area contributed by atoms with Gasteiger partial charge in [0.25, 0.3) is 11.6 Å². The maximum absolute atomic E-state index is 11.9. The molecule has 0 spiro atoms. The first kappa shape index (κ1) is 10.6. The number of fused-ring (bicyclic) bond motifs is 1. The van der Waals surface area contributed by atoms with Crippen LogP contribution in [0, 0.1) is 10.1 Å². The smallest absolute Gasteiger partial charge is 0.270 e. The molecule has 5 nitrogen and oxygen atoms in total. The van der Waals surface area contributed by atoms with Gasteiger partial charge in [-0.15, -0.1) is 0 Å². The molecule has 0 radical (unpaired) electrons. The molecular weight excluding hydrogens is 208 g/mol. The Morgan fingerprint density at radius 3 is 2.69 bits per heavy atom. The Kier molecular flexibility index (Phi) is 2.38. The van der Waals surface area contributed by atoms with E-state index in [4.69, 9.17) is 0 Å². The topological polar surface area (TPSA) is 63.4 Å². The molecule has 1 aliphatic rings. The molecule has 0 atom stereocenters. The predicted molar refractivity (Wildman–Crippen MR) is 58.1 cm³/mol. The van der Waals surface area contributed by atoms with E-state index in [0.29, 0.717) is 12.1 Å². The predicted octanol–water partition coefficient (Wildman–Crippen LogP) is 1.96. The van der Waals surface area contributed by atoms with E-state index in [1.54, 1.807) is 11.0 Å². The van der Waals surface area contributed by atoms with Gasteiger partial charge < -0.3 is 4.90 Å². The highest BCUT2D eigenvalue weighted by Crippen LogP contribution is 2.27. The van der Waals surface area contributed by atoms with Crippen LogP contribution in [0.4, 0.5) is 5.69 Å². The lowest BCUT2D eigenvalue weighted by molar-refractivity contribution is -0.384. The largest absolute Gasteiger partial charge is 0.332 e. The second kappa shape index (κ2) is 3.59. The number of nitro groups is 1. The van der Waals surface area contributed by atoms with Gasteiger partial charge in [-0.2, -0.15) is 0 Å². The maximum atomic E-state index is 11.9. The van der Waals surface area contributed by atoms with Crippen molar-refractivity contribution in [2.75, 3.05) is 0 Å². The highest BCUT2D eigenvalue weighted by atomic mass is 16.6. The summed E-state index contributed by atoms with van der Waals surface area (Å²) in [6.45, 7) is 4.40. The highest BCUT2D eigenvalue weighted by molar-refractivity contribution is 5.99. The fourth-order valence-corrected chi connectivity index (χ4v) is 1.84. The summed E-state index contributed by atoms with van der Waals surface area (Å²) < 4.78 is 0. The lowest BCUT2D eigenvalue weighted by Gasteiger charge is -2.19. The molecule has 84 valence electrons. The number of nitro benzene ring substituents is 1. The molecular formula is C11H12N2O3. The van der Waals surface area contributed by atoms with Gasteiger partial charge in [0.15, 0.2) is 0 Å². The lowest BCUT2D eigenvalue weighted by atomic mass is 10.1. The van der Waals surface area contributed by atoms with E-state index < -0.39 is 4.92 Å². The van der Waals surface area contributed by atoms with Crippen molar-refractivity contribution in [3.05, 3.63) is 39.4 Å². The van der Waals surface area contributed by atoms with E-state index in [9.17, 15) is 14.9 Å². The lowest BCUT2D eigenvalue weighted by Crippen LogP contribution is -2.30. The molecule has 0 unspecified atom stereocenters. The molecule has 0 fully saturated rings. The molecule has 5 heteroatoms. The third-order valence-corrected chi connectivity index (χ3v) is 2.76. The van der Waals surface area contributed by atoms with Crippen LogP contribution in [0.1, 0.15) is 29.8 Å². The van der Waals surface area contributed by atoms with Crippen LogP contribution in [0.2, 0.25) is 0 Å². The zero-order chi connectivity index (χ0) is 11.9. The van der Waals surface area contributed by atoms with Gasteiger partial charge in [-0.1, -0.05) is 0 Å². The van der Waals surface area contributed by atoms with E-state index in [1.165, 1.54) is 12.1 Å². The van der Waals surface area contributed by atoms with E-state index >= 15 is 0 Å². The summed E-state index contributed by atoms with van der Waals surface area (Å²) in [6.07, 6.45) is 0. The number of carbonyl (C=O) groups excluding carboxylic acids is 1. The van der Waals surface area contributed by atoms with Gasteiger partial charge >= 0.3 is 0 Å². The Morgan fingerprint density at radius 1 is 1.44 bits per heavy atom. The van der Waals surface area contributed by atoms with Crippen LogP contribution in [0.3, 0.4) is 0 Å². The number of hydrogen-bond donors (Lipinski definition) is 0. The second-order valence-electron chi connectivity index (χ2n) is 4.13. The van der Waals surface area contributed by atoms with Crippen molar-refractivity contribution < 1.29 is 9.72 Å². The Hall–Kier alpha value is -1.91. The first-order chi connectivity index (χ1) is 7.50. The molecule has 1 heterocycles. The van der Waals surface area contributed by atoms with E-state index in [2.05, 4.69) is 0 Å². The molecule has 0 aromatic heterocycles. The van der Waals surface area contributed by atoms with Crippen LogP contribution in [-0.2, 0) is 6.54 Å². The summed E-state index contributed by atoms with van der Waals surface area (Å²) in [7, 11) is 0. The Morgan fingerprint density at radius 2 is 2.12 bits per heavy atom. The zero-order valence-corrected chi connectivity index (χ0v) is 9.14. The molecule has 0 N–H and O–H groups in total. The number of carbonyl (C=O) groups is 1. The molecule has 1 aromatic carbocycles. The normalized spacial score (nSPS) is 14.4. The van der Waals surface area contributed by atoms with Gasteiger partial charge in [-0.3, -0.25) is 14.9 Å². The minimum atomic E-state index is -0.481. The molecule has 1 aliphatic heterocycles. The average Bonchev–Trinajstić information content (AvgIpc) is 2.56. The van der Waals surface area contributed by atoms with Crippen molar-refractivity contribution >= 4 is 11.6 Å². The van der Waals surface area contributed by atoms with Crippen LogP contribution in [0.5, 0.6) is 0 Å². The number of amides is 1. The molecule has 1 amide bonds. The Bertz CT molecular complexity index is 468. The fourth-order valence-electron chi connectivity index (χ4n) is 1.84. The van der Waals surface area contributed by atoms with Gasteiger partial charge in [-0.05, 0) is 25.5 Å². The van der Waals surface area contributed by atoms with Crippen LogP contribution in [0.25, 0.3) is 0 Å². The minimum absolute atomic E-state index is 0.0299. The SMILES string of the molecule is CC(C)N1Cc2ccc([N+](=O)[O-])cc2C1=O. The average molecular weight is 220 g/mol. The first-order valence-corrected chi connectivity index (χ1v) is 5.09. The Balaban J connectivity index is 2.42. The first-order valence-electron chi connectivity index (χ1n) is 5.09. The summed E-state index contributed by atoms with van der Waals surface area (Å²) in [5, 5.41) is 10.6. The monoisotopic (exact) mass is 220 g/mol. The van der Waals surface area contributed by atoms with Crippen molar-refractivity contribution in [1.29, 1.82) is 0 Å². The third kappa shape index (κ3) is 1.54. The van der Waals surface area contributed by atoms with Crippen LogP contribution >= 0.6 is 0 Å². The molecule has 0 aliphatic carbocycles. The number of non-ortho nitro benzene ring substituents is 1. The molecule has 0 saturated carbocycles. The van der Waals surface area contributed by atoms with Crippen LogP contribution in [-0.4, -0.2) is 21.8 Å². The van der Waals surface area contributed by atoms with Crippen LogP contribution < -0.4 is 0 Å². The van der Waals surface area contributed by atoms with E-state index in [-0.39, 0.29) is 17.6 Å². The summed E-state index contributed by atoms with van der Waals surface area (Å²) in [5.41, 5.74) is 1.30. The third-order valence-electron chi connectivity index (χ3n) is 2.76. The summed E-state index contributed by atoms with van der Waals surface area (Å²) in [5.74, 6) is -0.117. The summed E-state index contributed by atoms with van der Waals surface area (Å²) in [6, 6.07) is 4.57. The van der Waals surface area contributed by atoms with Crippen molar-refractivity contribution in [2.24, 2.45) is 0 Å². The van der Waals surface area contributed by atoms with Crippen LogP contribution in [0.15, 0.2) is 18.2 Å². The zero-order valence-electron chi connectivity index (χ0n) is 9.14. The second-order valence-corrected chi connectivity index (χ2v) is 4.13. The number of rotatable bonds is 2. The quantitative estimate of drug-likeness (QED) is 0.565. The molecule has 0 bridgehead atoms. The minimum Gasteiger partial charge on any atom is -0.332 e. The molecule has 2 rings (SSSR count).